The summed E-state index contributed by atoms with van der Waals surface area (Å²) in [4.78, 5) is 8.53. The van der Waals surface area contributed by atoms with Gasteiger partial charge in [-0.2, -0.15) is 0 Å². The molecule has 102 valence electrons. The molecular formula is C16H17N3O. The summed E-state index contributed by atoms with van der Waals surface area (Å²) in [5.74, 6) is 0.895. The van der Waals surface area contributed by atoms with E-state index in [0.29, 0.717) is 0 Å². The van der Waals surface area contributed by atoms with Gasteiger partial charge in [-0.15, -0.1) is 0 Å². The molecule has 20 heavy (non-hydrogen) atoms. The fourth-order valence-corrected chi connectivity index (χ4v) is 2.32. The summed E-state index contributed by atoms with van der Waals surface area (Å²) in [6.07, 6.45) is 7.53. The van der Waals surface area contributed by atoms with Gasteiger partial charge in [0.05, 0.1) is 24.2 Å². The van der Waals surface area contributed by atoms with E-state index in [-0.39, 0.29) is 6.10 Å². The molecule has 0 saturated carbocycles. The summed E-state index contributed by atoms with van der Waals surface area (Å²) in [6.45, 7) is 6.14. The molecule has 4 heteroatoms. The molecule has 0 radical (unpaired) electrons. The van der Waals surface area contributed by atoms with E-state index in [1.54, 1.807) is 12.4 Å². The lowest BCUT2D eigenvalue weighted by Crippen LogP contribution is -2.05. The second-order valence-corrected chi connectivity index (χ2v) is 5.09. The minimum atomic E-state index is 0.180. The smallest absolute Gasteiger partial charge is 0.155 e. The molecule has 0 aliphatic heterocycles. The predicted octanol–water partition coefficient (Wildman–Crippen LogP) is 3.49. The van der Waals surface area contributed by atoms with Crippen LogP contribution in [0.1, 0.15) is 19.4 Å². The number of ether oxygens (including phenoxy) is 1. The molecule has 2 aromatic heterocycles. The molecule has 0 amide bonds. The number of rotatable bonds is 3. The maximum Gasteiger partial charge on any atom is 0.155 e. The third-order valence-electron chi connectivity index (χ3n) is 3.16. The van der Waals surface area contributed by atoms with E-state index in [9.17, 15) is 0 Å². The summed E-state index contributed by atoms with van der Waals surface area (Å²) in [5.41, 5.74) is 4.18. The normalized spacial score (nSPS) is 11.2. The number of fused-ring (bicyclic) bond motifs is 1. The van der Waals surface area contributed by atoms with Crippen LogP contribution in [0.15, 0.2) is 43.0 Å². The highest BCUT2D eigenvalue weighted by molar-refractivity contribution is 5.66. The maximum absolute atomic E-state index is 5.72. The third-order valence-corrected chi connectivity index (χ3v) is 3.16. The topological polar surface area (TPSA) is 39.4 Å². The van der Waals surface area contributed by atoms with Crippen LogP contribution in [0.4, 0.5) is 0 Å². The Hall–Kier alpha value is -2.36. The van der Waals surface area contributed by atoms with Crippen LogP contribution in [-0.4, -0.2) is 20.5 Å². The van der Waals surface area contributed by atoms with Gasteiger partial charge in [-0.25, -0.2) is 4.98 Å². The van der Waals surface area contributed by atoms with Gasteiger partial charge in [0.2, 0.25) is 0 Å². The molecule has 1 aromatic carbocycles. The molecule has 0 unspecified atom stereocenters. The van der Waals surface area contributed by atoms with Gasteiger partial charge < -0.3 is 4.74 Å². The lowest BCUT2D eigenvalue weighted by molar-refractivity contribution is 0.242. The van der Waals surface area contributed by atoms with Crippen molar-refractivity contribution in [3.05, 3.63) is 48.5 Å². The number of imidazole rings is 1. The Morgan fingerprint density at radius 2 is 2.05 bits per heavy atom. The maximum atomic E-state index is 5.72. The Labute approximate surface area is 118 Å². The first kappa shape index (κ1) is 12.7. The van der Waals surface area contributed by atoms with E-state index >= 15 is 0 Å². The SMILES string of the molecule is Cc1cc(OC(C)C)ccc1-c1cncc2nccn12. The molecule has 0 fully saturated rings. The van der Waals surface area contributed by atoms with Crippen LogP contribution in [0.25, 0.3) is 16.9 Å². The van der Waals surface area contributed by atoms with Gasteiger partial charge in [0.1, 0.15) is 5.75 Å². The average molecular weight is 267 g/mol. The fourth-order valence-electron chi connectivity index (χ4n) is 2.32. The standard InChI is InChI=1S/C16H17N3O/c1-11(2)20-13-4-5-14(12(3)8-13)15-9-17-10-16-18-6-7-19(15)16/h4-11H,1-3H3. The van der Waals surface area contributed by atoms with Gasteiger partial charge >= 0.3 is 0 Å². The Bertz CT molecular complexity index is 746. The highest BCUT2D eigenvalue weighted by atomic mass is 16.5. The van der Waals surface area contributed by atoms with Gasteiger partial charge in [0.15, 0.2) is 5.65 Å². The van der Waals surface area contributed by atoms with E-state index in [4.69, 9.17) is 4.74 Å². The van der Waals surface area contributed by atoms with Crippen LogP contribution in [-0.2, 0) is 0 Å². The molecule has 0 N–H and O–H groups in total. The molecule has 0 aliphatic rings. The third kappa shape index (κ3) is 2.25. The zero-order valence-electron chi connectivity index (χ0n) is 11.9. The van der Waals surface area contributed by atoms with Crippen molar-refractivity contribution in [3.63, 3.8) is 0 Å². The number of hydrogen-bond acceptors (Lipinski definition) is 3. The van der Waals surface area contributed by atoms with Crippen molar-refractivity contribution in [3.8, 4) is 17.0 Å². The first-order valence-electron chi connectivity index (χ1n) is 6.70. The Morgan fingerprint density at radius 3 is 2.80 bits per heavy atom. The average Bonchev–Trinajstić information content (AvgIpc) is 2.86. The molecule has 0 saturated heterocycles. The summed E-state index contributed by atoms with van der Waals surface area (Å²) in [5, 5.41) is 0. The molecule has 4 nitrogen and oxygen atoms in total. The van der Waals surface area contributed by atoms with Crippen molar-refractivity contribution >= 4 is 5.65 Å². The molecule has 0 atom stereocenters. The lowest BCUT2D eigenvalue weighted by Gasteiger charge is -2.13. The number of aryl methyl sites for hydroxylation is 1. The molecule has 2 heterocycles. The van der Waals surface area contributed by atoms with Gasteiger partial charge in [-0.1, -0.05) is 0 Å². The minimum absolute atomic E-state index is 0.180. The molecular weight excluding hydrogens is 250 g/mol. The van der Waals surface area contributed by atoms with Crippen molar-refractivity contribution in [1.82, 2.24) is 14.4 Å². The van der Waals surface area contributed by atoms with E-state index < -0.39 is 0 Å². The Morgan fingerprint density at radius 1 is 1.20 bits per heavy atom. The van der Waals surface area contributed by atoms with E-state index in [2.05, 4.69) is 29.0 Å². The van der Waals surface area contributed by atoms with E-state index in [0.717, 1.165) is 28.2 Å². The summed E-state index contributed by atoms with van der Waals surface area (Å²) in [6, 6.07) is 6.13. The number of hydrogen-bond donors (Lipinski definition) is 0. The zero-order valence-corrected chi connectivity index (χ0v) is 11.9. The first-order valence-corrected chi connectivity index (χ1v) is 6.70. The highest BCUT2D eigenvalue weighted by Gasteiger charge is 2.08. The van der Waals surface area contributed by atoms with Crippen LogP contribution in [0.5, 0.6) is 5.75 Å². The minimum Gasteiger partial charge on any atom is -0.491 e. The van der Waals surface area contributed by atoms with E-state index in [1.807, 2.05) is 36.7 Å². The molecule has 0 aliphatic carbocycles. The quantitative estimate of drug-likeness (QED) is 0.729. The van der Waals surface area contributed by atoms with Crippen molar-refractivity contribution in [2.75, 3.05) is 0 Å². The Kier molecular flexibility index (Phi) is 3.14. The Balaban J connectivity index is 2.08. The number of benzene rings is 1. The predicted molar refractivity (Wildman–Crippen MR) is 78.9 cm³/mol. The van der Waals surface area contributed by atoms with Gasteiger partial charge in [0.25, 0.3) is 0 Å². The number of aromatic nitrogens is 3. The second kappa shape index (κ2) is 4.96. The van der Waals surface area contributed by atoms with Gasteiger partial charge in [0, 0.05) is 18.0 Å². The van der Waals surface area contributed by atoms with Crippen molar-refractivity contribution < 1.29 is 4.74 Å². The van der Waals surface area contributed by atoms with Crippen LogP contribution in [0, 0.1) is 6.92 Å². The summed E-state index contributed by atoms with van der Waals surface area (Å²) in [7, 11) is 0. The molecule has 3 aromatic rings. The van der Waals surface area contributed by atoms with Gasteiger partial charge in [-0.3, -0.25) is 9.38 Å². The largest absolute Gasteiger partial charge is 0.491 e. The second-order valence-electron chi connectivity index (χ2n) is 5.09. The van der Waals surface area contributed by atoms with Gasteiger partial charge in [-0.05, 0) is 44.5 Å². The highest BCUT2D eigenvalue weighted by Crippen LogP contribution is 2.27. The molecule has 0 bridgehead atoms. The first-order chi connectivity index (χ1) is 9.65. The van der Waals surface area contributed by atoms with Crippen LogP contribution in [0.2, 0.25) is 0 Å². The van der Waals surface area contributed by atoms with Crippen LogP contribution < -0.4 is 4.74 Å². The summed E-state index contributed by atoms with van der Waals surface area (Å²) >= 11 is 0. The van der Waals surface area contributed by atoms with Crippen LogP contribution >= 0.6 is 0 Å². The number of nitrogens with zero attached hydrogens (tertiary/aromatic N) is 3. The van der Waals surface area contributed by atoms with Crippen molar-refractivity contribution in [1.29, 1.82) is 0 Å². The lowest BCUT2D eigenvalue weighted by atomic mass is 10.1. The molecule has 0 spiro atoms. The van der Waals surface area contributed by atoms with Crippen molar-refractivity contribution in [2.45, 2.75) is 26.9 Å². The fraction of sp³-hybridized carbons (Fsp3) is 0.250. The monoisotopic (exact) mass is 267 g/mol. The summed E-state index contributed by atoms with van der Waals surface area (Å²) < 4.78 is 7.76. The zero-order chi connectivity index (χ0) is 14.1. The van der Waals surface area contributed by atoms with E-state index in [1.165, 1.54) is 0 Å². The molecule has 3 rings (SSSR count). The van der Waals surface area contributed by atoms with Crippen molar-refractivity contribution in [2.24, 2.45) is 0 Å². The van der Waals surface area contributed by atoms with Crippen LogP contribution in [0.3, 0.4) is 0 Å².